The van der Waals surface area contributed by atoms with Crippen LogP contribution in [0.1, 0.15) is 43.7 Å². The van der Waals surface area contributed by atoms with Crippen LogP contribution in [0.3, 0.4) is 0 Å². The van der Waals surface area contributed by atoms with Gasteiger partial charge in [0.1, 0.15) is 0 Å². The van der Waals surface area contributed by atoms with Crippen molar-refractivity contribution in [2.75, 3.05) is 44.7 Å². The van der Waals surface area contributed by atoms with Gasteiger partial charge in [-0.15, -0.1) is 6.58 Å². The summed E-state index contributed by atoms with van der Waals surface area (Å²) >= 11 is 0. The van der Waals surface area contributed by atoms with Crippen LogP contribution in [-0.4, -0.2) is 50.7 Å². The normalized spacial score (nSPS) is 16.2. The molecule has 33 heavy (non-hydrogen) atoms. The molecule has 0 aromatic heterocycles. The number of nitrogens with zero attached hydrogens (tertiary/aromatic N) is 2. The van der Waals surface area contributed by atoms with Crippen LogP contribution in [0.15, 0.2) is 67.3 Å². The number of hydrogen-bond donors (Lipinski definition) is 0. The molecule has 4 heteroatoms. The zero-order chi connectivity index (χ0) is 23.9. The summed E-state index contributed by atoms with van der Waals surface area (Å²) in [6.45, 7) is 13.7. The lowest BCUT2D eigenvalue weighted by Crippen LogP contribution is -2.31. The third-order valence-corrected chi connectivity index (χ3v) is 6.20. The highest BCUT2D eigenvalue weighted by atomic mass is 16.5. The van der Waals surface area contributed by atoms with Crippen molar-refractivity contribution in [2.45, 2.75) is 46.0 Å². The number of ether oxygens (including phenoxy) is 1. The molecule has 1 heterocycles. The molecule has 1 saturated heterocycles. The van der Waals surface area contributed by atoms with Crippen molar-refractivity contribution in [3.05, 3.63) is 78.4 Å². The van der Waals surface area contributed by atoms with Gasteiger partial charge in [0.2, 0.25) is 0 Å². The fraction of sp³-hybridized carbons (Fsp3) is 0.483. The second-order valence-corrected chi connectivity index (χ2v) is 9.00. The predicted octanol–water partition coefficient (Wildman–Crippen LogP) is 5.90. The van der Waals surface area contributed by atoms with E-state index in [2.05, 4.69) is 48.4 Å². The third-order valence-electron chi connectivity index (χ3n) is 6.20. The summed E-state index contributed by atoms with van der Waals surface area (Å²) in [7, 11) is 1.44. The van der Waals surface area contributed by atoms with E-state index in [9.17, 15) is 4.79 Å². The van der Waals surface area contributed by atoms with Crippen molar-refractivity contribution in [2.24, 2.45) is 5.92 Å². The lowest BCUT2D eigenvalue weighted by Gasteiger charge is -2.27. The Morgan fingerprint density at radius 2 is 1.85 bits per heavy atom. The van der Waals surface area contributed by atoms with Crippen molar-refractivity contribution >= 4 is 11.7 Å². The Balaban J connectivity index is 0.000000468. The number of hydrogen-bond acceptors (Lipinski definition) is 4. The Morgan fingerprint density at radius 1 is 1.12 bits per heavy atom. The fourth-order valence-electron chi connectivity index (χ4n) is 4.23. The minimum atomic E-state index is -0.199. The lowest BCUT2D eigenvalue weighted by molar-refractivity contribution is -0.139. The molecule has 0 aliphatic carbocycles. The van der Waals surface area contributed by atoms with Gasteiger partial charge < -0.3 is 14.5 Å². The van der Waals surface area contributed by atoms with E-state index in [0.717, 1.165) is 43.2 Å². The molecule has 1 aliphatic rings. The highest BCUT2D eigenvalue weighted by Crippen LogP contribution is 2.22. The van der Waals surface area contributed by atoms with E-state index < -0.39 is 0 Å². The van der Waals surface area contributed by atoms with Crippen LogP contribution < -0.4 is 4.90 Å². The highest BCUT2D eigenvalue weighted by Gasteiger charge is 2.15. The first kappa shape index (κ1) is 26.7. The number of aryl methyl sites for hydroxylation is 1. The maximum atomic E-state index is 11.7. The smallest absolute Gasteiger partial charge is 0.310 e. The fourth-order valence-corrected chi connectivity index (χ4v) is 4.23. The molecule has 0 saturated carbocycles. The molecule has 180 valence electrons. The van der Waals surface area contributed by atoms with E-state index in [0.29, 0.717) is 6.42 Å². The molecule has 1 atom stereocenters. The number of benzene rings is 2. The lowest BCUT2D eigenvalue weighted by atomic mass is 10.0. The Bertz CT molecular complexity index is 821. The van der Waals surface area contributed by atoms with E-state index in [1.165, 1.54) is 45.0 Å². The van der Waals surface area contributed by atoms with Crippen LogP contribution in [-0.2, 0) is 16.0 Å². The molecule has 0 bridgehead atoms. The molecule has 1 unspecified atom stereocenters. The van der Waals surface area contributed by atoms with Gasteiger partial charge in [-0.25, -0.2) is 0 Å². The minimum Gasteiger partial charge on any atom is -0.469 e. The maximum absolute atomic E-state index is 11.7. The molecule has 2 aromatic carbocycles. The van der Waals surface area contributed by atoms with E-state index in [1.807, 2.05) is 42.5 Å². The summed E-state index contributed by atoms with van der Waals surface area (Å²) in [6, 6.07) is 18.4. The zero-order valence-electron chi connectivity index (χ0n) is 20.8. The maximum Gasteiger partial charge on any atom is 0.310 e. The number of carbonyl (C=O) groups is 1. The first-order chi connectivity index (χ1) is 16.0. The van der Waals surface area contributed by atoms with Crippen LogP contribution >= 0.6 is 0 Å². The van der Waals surface area contributed by atoms with Crippen LogP contribution in [0.25, 0.3) is 0 Å². The van der Waals surface area contributed by atoms with Crippen molar-refractivity contribution in [1.82, 2.24) is 4.90 Å². The Kier molecular flexibility index (Phi) is 12.3. The summed E-state index contributed by atoms with van der Waals surface area (Å²) in [5, 5.41) is 0. The van der Waals surface area contributed by atoms with Gasteiger partial charge in [-0.1, -0.05) is 67.1 Å². The Morgan fingerprint density at radius 3 is 2.52 bits per heavy atom. The quantitative estimate of drug-likeness (QED) is 0.352. The van der Waals surface area contributed by atoms with Crippen LogP contribution in [0.2, 0.25) is 0 Å². The number of anilines is 1. The molecule has 1 aliphatic heterocycles. The van der Waals surface area contributed by atoms with Gasteiger partial charge in [0, 0.05) is 18.8 Å². The van der Waals surface area contributed by atoms with Gasteiger partial charge >= 0.3 is 5.97 Å². The van der Waals surface area contributed by atoms with Crippen LogP contribution in [0.4, 0.5) is 5.69 Å². The number of rotatable bonds is 9. The second kappa shape index (κ2) is 15.3. The molecule has 2 aromatic rings. The molecule has 0 spiro atoms. The SMILES string of the molecule is C=CCN(CCCN1CCCC(C)CC1)c1ccccc1CC(=O)OC.Cc1ccccc1. The Labute approximate surface area is 201 Å². The molecule has 0 amide bonds. The van der Waals surface area contributed by atoms with Crippen LogP contribution in [0, 0.1) is 12.8 Å². The third kappa shape index (κ3) is 10.3. The number of esters is 1. The summed E-state index contributed by atoms with van der Waals surface area (Å²) in [5.41, 5.74) is 3.45. The van der Waals surface area contributed by atoms with Gasteiger partial charge in [-0.2, -0.15) is 0 Å². The van der Waals surface area contributed by atoms with Gasteiger partial charge in [0.15, 0.2) is 0 Å². The van der Waals surface area contributed by atoms with E-state index in [4.69, 9.17) is 4.74 Å². The molecular formula is C29H42N2O2. The standard InChI is InChI=1S/C22H34N2O2.C7H8/c1-4-13-24(16-8-15-23-14-7-9-19(2)12-17-23)21-11-6-5-10-20(21)18-22(25)26-3;1-7-5-3-2-4-6-7/h4-6,10-11,19H,1,7-9,12-18H2,2-3H3;2-6H,1H3. The van der Waals surface area contributed by atoms with Crippen molar-refractivity contribution in [3.63, 3.8) is 0 Å². The molecule has 1 fully saturated rings. The summed E-state index contributed by atoms with van der Waals surface area (Å²) in [5.74, 6) is 0.664. The first-order valence-electron chi connectivity index (χ1n) is 12.3. The molecule has 0 radical (unpaired) electrons. The molecule has 3 rings (SSSR count). The predicted molar refractivity (Wildman–Crippen MR) is 140 cm³/mol. The second-order valence-electron chi connectivity index (χ2n) is 9.00. The number of para-hydroxylation sites is 1. The van der Waals surface area contributed by atoms with Gasteiger partial charge in [-0.05, 0) is 69.8 Å². The average Bonchev–Trinajstić information content (AvgIpc) is 3.04. The van der Waals surface area contributed by atoms with Crippen molar-refractivity contribution in [1.29, 1.82) is 0 Å². The summed E-state index contributed by atoms with van der Waals surface area (Å²) < 4.78 is 4.85. The van der Waals surface area contributed by atoms with E-state index in [1.54, 1.807) is 0 Å². The van der Waals surface area contributed by atoms with Gasteiger partial charge in [0.25, 0.3) is 0 Å². The zero-order valence-corrected chi connectivity index (χ0v) is 20.8. The van der Waals surface area contributed by atoms with Crippen molar-refractivity contribution in [3.8, 4) is 0 Å². The van der Waals surface area contributed by atoms with Gasteiger partial charge in [0.05, 0.1) is 13.5 Å². The Hall–Kier alpha value is -2.59. The number of carbonyl (C=O) groups excluding carboxylic acids is 1. The largest absolute Gasteiger partial charge is 0.469 e. The molecular weight excluding hydrogens is 408 g/mol. The summed E-state index contributed by atoms with van der Waals surface area (Å²) in [6.07, 6.45) is 7.36. The number of methoxy groups -OCH3 is 1. The molecule has 0 N–H and O–H groups in total. The van der Waals surface area contributed by atoms with Gasteiger partial charge in [-0.3, -0.25) is 4.79 Å². The summed E-state index contributed by atoms with van der Waals surface area (Å²) in [4.78, 5) is 16.7. The monoisotopic (exact) mass is 450 g/mol. The number of likely N-dealkylation sites (tertiary alicyclic amines) is 1. The molecule has 4 nitrogen and oxygen atoms in total. The minimum absolute atomic E-state index is 0.199. The van der Waals surface area contributed by atoms with Crippen molar-refractivity contribution < 1.29 is 9.53 Å². The first-order valence-corrected chi connectivity index (χ1v) is 12.3. The topological polar surface area (TPSA) is 32.8 Å². The van der Waals surface area contributed by atoms with Crippen LogP contribution in [0.5, 0.6) is 0 Å². The highest BCUT2D eigenvalue weighted by molar-refractivity contribution is 5.75. The average molecular weight is 451 g/mol. The van der Waals surface area contributed by atoms with E-state index in [-0.39, 0.29) is 5.97 Å². The van der Waals surface area contributed by atoms with E-state index >= 15 is 0 Å².